The van der Waals surface area contributed by atoms with Gasteiger partial charge in [-0.15, -0.1) is 0 Å². The molecule has 3 aliphatic rings. The number of nitrogens with zero attached hydrogens (tertiary/aromatic N) is 2. The highest BCUT2D eigenvalue weighted by Crippen LogP contribution is 2.52. The molecule has 0 spiro atoms. The van der Waals surface area contributed by atoms with Crippen molar-refractivity contribution < 1.29 is 38.3 Å². The lowest BCUT2D eigenvalue weighted by Gasteiger charge is -2.44. The number of imide groups is 3. The fourth-order valence-electron chi connectivity index (χ4n) is 6.36. The lowest BCUT2D eigenvalue weighted by atomic mass is 9.57. The number of rotatable bonds is 7. The van der Waals surface area contributed by atoms with Gasteiger partial charge in [0.05, 0.1) is 30.7 Å². The Labute approximate surface area is 232 Å². The van der Waals surface area contributed by atoms with Crippen LogP contribution in [0, 0.1) is 23.7 Å². The van der Waals surface area contributed by atoms with Gasteiger partial charge >= 0.3 is 13.2 Å². The van der Waals surface area contributed by atoms with Crippen LogP contribution in [-0.2, 0) is 25.6 Å². The van der Waals surface area contributed by atoms with Gasteiger partial charge in [0.15, 0.2) is 0 Å². The van der Waals surface area contributed by atoms with Gasteiger partial charge in [0, 0.05) is 6.20 Å². The SMILES string of the molecule is COC(=O)N1C(=O)[C@@H]2[C@@H](CC(C(C)C)=C3[C@@H](CC/C(=C/c4ccc(CO)o4)c4ccccn4)OB(O)C[C@@H]32)C1=O. The van der Waals surface area contributed by atoms with Crippen molar-refractivity contribution in [1.82, 2.24) is 9.88 Å². The molecule has 1 aliphatic carbocycles. The number of hydrogen-bond acceptors (Lipinski definition) is 9. The lowest BCUT2D eigenvalue weighted by Crippen LogP contribution is -2.46. The molecule has 0 aromatic carbocycles. The van der Waals surface area contributed by atoms with Crippen molar-refractivity contribution in [2.75, 3.05) is 7.11 Å². The quantitative estimate of drug-likeness (QED) is 0.301. The maximum atomic E-state index is 13.4. The molecule has 11 heteroatoms. The molecular weight excluding hydrogens is 515 g/mol. The largest absolute Gasteiger partial charge is 0.459 e. The molecule has 10 nitrogen and oxygen atoms in total. The van der Waals surface area contributed by atoms with Gasteiger partial charge < -0.3 is 23.9 Å². The Kier molecular flexibility index (Phi) is 8.07. The van der Waals surface area contributed by atoms with Crippen LogP contribution in [0.5, 0.6) is 0 Å². The number of carbonyl (C=O) groups is 3. The summed E-state index contributed by atoms with van der Waals surface area (Å²) in [6.45, 7) is 3.87. The van der Waals surface area contributed by atoms with Gasteiger partial charge in [0.1, 0.15) is 18.1 Å². The molecule has 2 aliphatic heterocycles. The molecule has 2 N–H and O–H groups in total. The van der Waals surface area contributed by atoms with E-state index in [0.29, 0.717) is 35.7 Å². The summed E-state index contributed by atoms with van der Waals surface area (Å²) in [6.07, 6.45) is 3.61. The summed E-state index contributed by atoms with van der Waals surface area (Å²) in [7, 11) is 0.0167. The monoisotopic (exact) mass is 548 g/mol. The lowest BCUT2D eigenvalue weighted by molar-refractivity contribution is -0.137. The van der Waals surface area contributed by atoms with E-state index >= 15 is 0 Å². The minimum Gasteiger partial charge on any atom is -0.459 e. The number of ether oxygens (including phenoxy) is 1. The van der Waals surface area contributed by atoms with Crippen molar-refractivity contribution in [3.63, 3.8) is 0 Å². The average molecular weight is 548 g/mol. The third-order valence-electron chi connectivity index (χ3n) is 8.12. The molecule has 4 heterocycles. The Morgan fingerprint density at radius 3 is 2.67 bits per heavy atom. The number of amides is 3. The number of likely N-dealkylation sites (tertiary alicyclic amines) is 1. The molecule has 2 fully saturated rings. The highest BCUT2D eigenvalue weighted by atomic mass is 16.5. The van der Waals surface area contributed by atoms with E-state index in [0.717, 1.165) is 29.5 Å². The first-order valence-electron chi connectivity index (χ1n) is 13.6. The Bertz CT molecular complexity index is 1350. The summed E-state index contributed by atoms with van der Waals surface area (Å²) in [4.78, 5) is 44.0. The molecule has 0 unspecified atom stereocenters. The van der Waals surface area contributed by atoms with Gasteiger partial charge in [0.25, 0.3) is 0 Å². The van der Waals surface area contributed by atoms with Crippen molar-refractivity contribution in [1.29, 1.82) is 0 Å². The summed E-state index contributed by atoms with van der Waals surface area (Å²) < 4.78 is 16.5. The maximum absolute atomic E-state index is 13.4. The summed E-state index contributed by atoms with van der Waals surface area (Å²) in [5.74, 6) is -1.88. The Morgan fingerprint density at radius 1 is 1.23 bits per heavy atom. The van der Waals surface area contributed by atoms with Gasteiger partial charge in [-0.25, -0.2) is 4.79 Å². The summed E-state index contributed by atoms with van der Waals surface area (Å²) >= 11 is 0. The summed E-state index contributed by atoms with van der Waals surface area (Å²) in [5.41, 5.74) is 3.60. The van der Waals surface area contributed by atoms with Crippen LogP contribution in [-0.4, -0.2) is 58.3 Å². The topological polar surface area (TPSA) is 139 Å². The van der Waals surface area contributed by atoms with E-state index < -0.39 is 48.9 Å². The maximum Gasteiger partial charge on any atom is 0.455 e. The van der Waals surface area contributed by atoms with Gasteiger partial charge in [0.2, 0.25) is 11.8 Å². The smallest absolute Gasteiger partial charge is 0.455 e. The third-order valence-corrected chi connectivity index (χ3v) is 8.12. The number of methoxy groups -OCH3 is 1. The van der Waals surface area contributed by atoms with Crippen LogP contribution in [0.4, 0.5) is 4.79 Å². The number of furan rings is 1. The number of carbonyl (C=O) groups excluding carboxylic acids is 3. The zero-order valence-corrected chi connectivity index (χ0v) is 22.8. The molecule has 40 heavy (non-hydrogen) atoms. The molecule has 0 saturated carbocycles. The number of allylic oxidation sites excluding steroid dienone is 2. The summed E-state index contributed by atoms with van der Waals surface area (Å²) in [5, 5.41) is 20.2. The van der Waals surface area contributed by atoms with E-state index in [1.165, 1.54) is 0 Å². The Hall–Kier alpha value is -3.54. The minimum atomic E-state index is -1.12. The van der Waals surface area contributed by atoms with Crippen molar-refractivity contribution in [2.24, 2.45) is 23.7 Å². The van der Waals surface area contributed by atoms with Crippen LogP contribution in [0.25, 0.3) is 11.6 Å². The molecule has 0 bridgehead atoms. The Morgan fingerprint density at radius 2 is 2.02 bits per heavy atom. The molecule has 210 valence electrons. The third kappa shape index (κ3) is 5.16. The zero-order valence-electron chi connectivity index (χ0n) is 22.8. The second-order valence-electron chi connectivity index (χ2n) is 10.8. The first kappa shape index (κ1) is 28.0. The highest BCUT2D eigenvalue weighted by Gasteiger charge is 2.59. The van der Waals surface area contributed by atoms with E-state index in [1.807, 2.05) is 38.1 Å². The van der Waals surface area contributed by atoms with Crippen molar-refractivity contribution >= 4 is 36.7 Å². The van der Waals surface area contributed by atoms with E-state index in [9.17, 15) is 24.5 Å². The van der Waals surface area contributed by atoms with Crippen molar-refractivity contribution in [3.05, 3.63) is 64.9 Å². The predicted molar refractivity (Wildman–Crippen MR) is 145 cm³/mol. The molecular formula is C29H33BN2O8. The van der Waals surface area contributed by atoms with E-state index in [1.54, 1.807) is 18.3 Å². The minimum absolute atomic E-state index is 0.0701. The van der Waals surface area contributed by atoms with Crippen LogP contribution in [0.2, 0.25) is 6.32 Å². The molecule has 2 aromatic heterocycles. The van der Waals surface area contributed by atoms with Gasteiger partial charge in [-0.05, 0) is 78.9 Å². The first-order chi connectivity index (χ1) is 19.2. The van der Waals surface area contributed by atoms with Crippen LogP contribution in [0.1, 0.15) is 50.3 Å². The van der Waals surface area contributed by atoms with E-state index in [2.05, 4.69) is 4.98 Å². The average Bonchev–Trinajstić information content (AvgIpc) is 3.51. The normalized spacial score (nSPS) is 25.0. The number of aliphatic hydroxyl groups excluding tert-OH is 1. The predicted octanol–water partition coefficient (Wildman–Crippen LogP) is 3.71. The van der Waals surface area contributed by atoms with Crippen molar-refractivity contribution in [2.45, 2.75) is 52.1 Å². The zero-order chi connectivity index (χ0) is 28.6. The van der Waals surface area contributed by atoms with Gasteiger partial charge in [-0.1, -0.05) is 25.5 Å². The molecule has 2 saturated heterocycles. The number of aromatic nitrogens is 1. The van der Waals surface area contributed by atoms with E-state index in [-0.39, 0.29) is 18.8 Å². The number of hydrogen-bond donors (Lipinski definition) is 2. The molecule has 4 atom stereocenters. The molecule has 2 aromatic rings. The van der Waals surface area contributed by atoms with Crippen LogP contribution < -0.4 is 0 Å². The highest BCUT2D eigenvalue weighted by molar-refractivity contribution is 6.43. The van der Waals surface area contributed by atoms with E-state index in [4.69, 9.17) is 13.8 Å². The van der Waals surface area contributed by atoms with Crippen LogP contribution in [0.15, 0.2) is 52.1 Å². The second kappa shape index (κ2) is 11.5. The van der Waals surface area contributed by atoms with Gasteiger partial charge in [-0.3, -0.25) is 14.6 Å². The first-order valence-corrected chi connectivity index (χ1v) is 13.6. The fraction of sp³-hybridized carbons (Fsp3) is 0.448. The molecule has 0 radical (unpaired) electrons. The summed E-state index contributed by atoms with van der Waals surface area (Å²) in [6, 6.07) is 9.11. The van der Waals surface area contributed by atoms with Crippen LogP contribution in [0.3, 0.4) is 0 Å². The standard InChI is InChI=1S/C29H33BN2O8/c1-16(2)20-13-21-26(28(35)32(27(21)34)29(36)38-3)22-14-30(37)40-24(25(20)22)10-7-17(23-6-4-5-11-31-23)12-18-8-9-19(15-33)39-18/h4-6,8-9,11-12,16,21-22,24,26,33,37H,7,10,13-15H2,1-3H3/b17-12-/t21-,22+,24-,26-/m1/s1. The number of pyridine rings is 1. The van der Waals surface area contributed by atoms with Gasteiger partial charge in [-0.2, -0.15) is 4.90 Å². The second-order valence-corrected chi connectivity index (χ2v) is 10.8. The van der Waals surface area contributed by atoms with Crippen LogP contribution >= 0.6 is 0 Å². The molecule has 3 amide bonds. The Balaban J connectivity index is 1.48. The molecule has 5 rings (SSSR count). The van der Waals surface area contributed by atoms with Crippen molar-refractivity contribution in [3.8, 4) is 0 Å². The number of fused-ring (bicyclic) bond motifs is 3. The number of aliphatic hydroxyl groups is 1. The fourth-order valence-corrected chi connectivity index (χ4v) is 6.36.